The highest BCUT2D eigenvalue weighted by molar-refractivity contribution is 5.92. The van der Waals surface area contributed by atoms with E-state index in [0.717, 1.165) is 5.56 Å². The van der Waals surface area contributed by atoms with Crippen LogP contribution in [-0.4, -0.2) is 59.7 Å². The third-order valence-corrected chi connectivity index (χ3v) is 6.06. The lowest BCUT2D eigenvalue weighted by molar-refractivity contribution is -0.149. The largest absolute Gasteiger partial charge is 0.368 e. The molecule has 0 heterocycles. The van der Waals surface area contributed by atoms with E-state index in [1.54, 1.807) is 26.1 Å². The lowest BCUT2D eigenvalue weighted by Gasteiger charge is -2.36. The van der Waals surface area contributed by atoms with Crippen LogP contribution in [0, 0.1) is 18.7 Å². The van der Waals surface area contributed by atoms with Gasteiger partial charge in [-0.05, 0) is 42.0 Å². The Labute approximate surface area is 200 Å². The van der Waals surface area contributed by atoms with Gasteiger partial charge in [0, 0.05) is 20.5 Å². The molecule has 2 unspecified atom stereocenters. The number of rotatable bonds is 10. The molecule has 0 fully saturated rings. The van der Waals surface area contributed by atoms with Gasteiger partial charge in [0.25, 0.3) is 0 Å². The molecule has 0 aliphatic heterocycles. The number of hydrogen-bond donors (Lipinski definition) is 2. The molecule has 0 aliphatic rings. The molecule has 0 saturated heterocycles. The summed E-state index contributed by atoms with van der Waals surface area (Å²) in [6.07, 6.45) is 0.474. The van der Waals surface area contributed by atoms with Crippen molar-refractivity contribution in [1.29, 1.82) is 0 Å². The number of benzene rings is 2. The summed E-state index contributed by atoms with van der Waals surface area (Å²) < 4.78 is 13.6. The van der Waals surface area contributed by atoms with E-state index in [4.69, 9.17) is 11.5 Å². The van der Waals surface area contributed by atoms with E-state index in [9.17, 15) is 18.8 Å². The Morgan fingerprint density at radius 2 is 1.53 bits per heavy atom. The second kappa shape index (κ2) is 11.7. The number of nitrogens with zero attached hydrogens (tertiary/aromatic N) is 2. The van der Waals surface area contributed by atoms with Crippen LogP contribution in [0.1, 0.15) is 30.5 Å². The fourth-order valence-electron chi connectivity index (χ4n) is 4.10. The summed E-state index contributed by atoms with van der Waals surface area (Å²) in [7, 11) is 3.04. The number of aryl methyl sites for hydroxylation is 1. The number of halogens is 1. The van der Waals surface area contributed by atoms with E-state index in [1.807, 2.05) is 44.2 Å². The maximum Gasteiger partial charge on any atom is 0.246 e. The molecule has 0 aliphatic carbocycles. The van der Waals surface area contributed by atoms with Gasteiger partial charge in [-0.3, -0.25) is 14.4 Å². The minimum Gasteiger partial charge on any atom is -0.368 e. The van der Waals surface area contributed by atoms with Crippen LogP contribution >= 0.6 is 0 Å². The molecular formula is C26H35FN4O3. The highest BCUT2D eigenvalue weighted by atomic mass is 19.1. The number of nitrogens with two attached hydrogens (primary N) is 2. The van der Waals surface area contributed by atoms with Crippen molar-refractivity contribution in [2.75, 3.05) is 14.1 Å². The number of likely N-dealkylation sites (N-methyl/N-ethyl adjacent to an activating group) is 2. The third-order valence-electron chi connectivity index (χ3n) is 6.06. The van der Waals surface area contributed by atoms with E-state index >= 15 is 0 Å². The fraction of sp³-hybridized carbons (Fsp3) is 0.423. The Hall–Kier alpha value is -3.26. The molecule has 0 spiro atoms. The topological polar surface area (TPSA) is 110 Å². The lowest BCUT2D eigenvalue weighted by atomic mass is 9.97. The number of hydrogen-bond acceptors (Lipinski definition) is 4. The van der Waals surface area contributed by atoms with E-state index in [1.165, 1.54) is 22.9 Å². The van der Waals surface area contributed by atoms with E-state index < -0.39 is 29.9 Å². The summed E-state index contributed by atoms with van der Waals surface area (Å²) in [4.78, 5) is 41.5. The summed E-state index contributed by atoms with van der Waals surface area (Å²) in [6.45, 7) is 5.28. The van der Waals surface area contributed by atoms with E-state index in [0.29, 0.717) is 17.5 Å². The van der Waals surface area contributed by atoms with Gasteiger partial charge >= 0.3 is 0 Å². The van der Waals surface area contributed by atoms with Gasteiger partial charge in [-0.25, -0.2) is 4.39 Å². The SMILES string of the molecule is Cc1cc(CC(C(N)=O)N(C)C(=O)C(C(C)C)N(C)C(=O)[C@@H](N)Cc2ccccc2)ccc1F. The molecule has 2 aromatic carbocycles. The molecule has 2 rings (SSSR count). The van der Waals surface area contributed by atoms with Crippen molar-refractivity contribution in [3.05, 3.63) is 71.0 Å². The maximum atomic E-state index is 13.6. The molecule has 34 heavy (non-hydrogen) atoms. The van der Waals surface area contributed by atoms with Crippen LogP contribution in [0.2, 0.25) is 0 Å². The Bertz CT molecular complexity index is 1010. The Morgan fingerprint density at radius 1 is 0.912 bits per heavy atom. The zero-order valence-electron chi connectivity index (χ0n) is 20.5. The van der Waals surface area contributed by atoms with Gasteiger partial charge < -0.3 is 21.3 Å². The van der Waals surface area contributed by atoms with Crippen molar-refractivity contribution >= 4 is 17.7 Å². The fourth-order valence-corrected chi connectivity index (χ4v) is 4.10. The summed E-state index contributed by atoms with van der Waals surface area (Å²) >= 11 is 0. The van der Waals surface area contributed by atoms with Gasteiger partial charge in [0.05, 0.1) is 6.04 Å². The first-order valence-corrected chi connectivity index (χ1v) is 11.3. The monoisotopic (exact) mass is 470 g/mol. The van der Waals surface area contributed by atoms with Crippen molar-refractivity contribution in [2.24, 2.45) is 17.4 Å². The predicted molar refractivity (Wildman–Crippen MR) is 130 cm³/mol. The van der Waals surface area contributed by atoms with Gasteiger partial charge in [0.1, 0.15) is 17.9 Å². The molecule has 8 heteroatoms. The van der Waals surface area contributed by atoms with Crippen LogP contribution in [0.25, 0.3) is 0 Å². The minimum absolute atomic E-state index is 0.134. The van der Waals surface area contributed by atoms with Crippen LogP contribution in [0.15, 0.2) is 48.5 Å². The van der Waals surface area contributed by atoms with Crippen LogP contribution in [0.4, 0.5) is 4.39 Å². The standard InChI is InChI=1S/C26H35FN4O3/c1-16(2)23(31(5)25(33)21(28)14-18-9-7-6-8-10-18)26(34)30(4)22(24(29)32)15-19-11-12-20(27)17(3)13-19/h6-13,16,21-23H,14-15,28H2,1-5H3,(H2,29,32)/t21-,22?,23?/m0/s1. The predicted octanol–water partition coefficient (Wildman–Crippen LogP) is 2.04. The van der Waals surface area contributed by atoms with Gasteiger partial charge in [-0.1, -0.05) is 56.3 Å². The summed E-state index contributed by atoms with van der Waals surface area (Å²) in [6, 6.07) is 11.3. The second-order valence-electron chi connectivity index (χ2n) is 9.09. The van der Waals surface area contributed by atoms with Gasteiger partial charge in [-0.15, -0.1) is 0 Å². The number of carbonyl (C=O) groups excluding carboxylic acids is 3. The Balaban J connectivity index is 2.21. The molecule has 3 amide bonds. The number of primary amides is 1. The molecule has 3 atom stereocenters. The molecule has 7 nitrogen and oxygen atoms in total. The molecule has 0 bridgehead atoms. The van der Waals surface area contributed by atoms with Gasteiger partial charge in [0.15, 0.2) is 0 Å². The van der Waals surface area contributed by atoms with E-state index in [2.05, 4.69) is 0 Å². The molecule has 2 aromatic rings. The molecule has 0 aromatic heterocycles. The van der Waals surface area contributed by atoms with Gasteiger partial charge in [-0.2, -0.15) is 0 Å². The average Bonchev–Trinajstić information content (AvgIpc) is 2.78. The Kier molecular flexibility index (Phi) is 9.32. The quantitative estimate of drug-likeness (QED) is 0.554. The smallest absolute Gasteiger partial charge is 0.246 e. The summed E-state index contributed by atoms with van der Waals surface area (Å²) in [5.74, 6) is -2.06. The van der Waals surface area contributed by atoms with Crippen LogP contribution in [-0.2, 0) is 27.2 Å². The van der Waals surface area contributed by atoms with Crippen molar-refractivity contribution in [3.8, 4) is 0 Å². The first-order valence-electron chi connectivity index (χ1n) is 11.3. The minimum atomic E-state index is -0.958. The molecule has 0 radical (unpaired) electrons. The molecular weight excluding hydrogens is 435 g/mol. The third kappa shape index (κ3) is 6.63. The van der Waals surface area contributed by atoms with Crippen molar-refractivity contribution in [3.63, 3.8) is 0 Å². The van der Waals surface area contributed by atoms with E-state index in [-0.39, 0.29) is 24.1 Å². The summed E-state index contributed by atoms with van der Waals surface area (Å²) in [5, 5.41) is 0. The second-order valence-corrected chi connectivity index (χ2v) is 9.09. The molecule has 4 N–H and O–H groups in total. The molecule has 0 saturated carbocycles. The highest BCUT2D eigenvalue weighted by Crippen LogP contribution is 2.18. The van der Waals surface area contributed by atoms with Crippen LogP contribution in [0.3, 0.4) is 0 Å². The zero-order valence-corrected chi connectivity index (χ0v) is 20.5. The lowest BCUT2D eigenvalue weighted by Crippen LogP contribution is -2.58. The number of carbonyl (C=O) groups is 3. The van der Waals surface area contributed by atoms with Crippen molar-refractivity contribution < 1.29 is 18.8 Å². The molecule has 184 valence electrons. The normalized spacial score (nSPS) is 13.8. The van der Waals surface area contributed by atoms with Crippen LogP contribution < -0.4 is 11.5 Å². The van der Waals surface area contributed by atoms with Gasteiger partial charge in [0.2, 0.25) is 17.7 Å². The maximum absolute atomic E-state index is 13.6. The number of amides is 3. The highest BCUT2D eigenvalue weighted by Gasteiger charge is 2.37. The Morgan fingerprint density at radius 3 is 2.06 bits per heavy atom. The zero-order chi connectivity index (χ0) is 25.6. The summed E-state index contributed by atoms with van der Waals surface area (Å²) in [5.41, 5.74) is 13.8. The first-order chi connectivity index (χ1) is 15.9. The first kappa shape index (κ1) is 27.0. The average molecular weight is 471 g/mol. The van der Waals surface area contributed by atoms with Crippen LogP contribution in [0.5, 0.6) is 0 Å². The van der Waals surface area contributed by atoms with Crippen molar-refractivity contribution in [1.82, 2.24) is 9.80 Å². The van der Waals surface area contributed by atoms with Crippen molar-refractivity contribution in [2.45, 2.75) is 51.7 Å².